The molecule has 1 aromatic carbocycles. The molecule has 69 heavy (non-hydrogen) atoms. The number of nitrogens with zero attached hydrogens (tertiary/aromatic N) is 5. The number of nitrogens with two attached hydrogens (primary N) is 7. The first-order chi connectivity index (χ1) is 32.9. The number of likely N-dealkylation sites (tertiary alicyclic amines) is 1. The van der Waals surface area contributed by atoms with Crippen molar-refractivity contribution in [2.75, 3.05) is 32.8 Å². The van der Waals surface area contributed by atoms with E-state index in [0.717, 1.165) is 30.4 Å². The highest BCUT2D eigenvalue weighted by Crippen LogP contribution is 2.41. The SMILES string of the molecule is NC(N)=NCCCC(N)C(=O)NC(CCCN=C(N)N)C(=O)NCCCC(=O)NC(CO)C(=O)N1Cc2ccccc2CC1C(=O)N1C(C(=O)NC(CCCN=C(N)N)C(=O)O)CC2CCCCC21. The Hall–Kier alpha value is -6.76. The lowest BCUT2D eigenvalue weighted by molar-refractivity contribution is -0.153. The van der Waals surface area contributed by atoms with Crippen molar-refractivity contribution in [3.05, 3.63) is 35.4 Å². The number of aliphatic hydroxyl groups excluding tert-OH is 1. The zero-order valence-corrected chi connectivity index (χ0v) is 39.1. The molecule has 1 aliphatic carbocycles. The van der Waals surface area contributed by atoms with Crippen LogP contribution in [-0.2, 0) is 46.5 Å². The van der Waals surface area contributed by atoms with Crippen LogP contribution in [0.5, 0.6) is 0 Å². The Morgan fingerprint density at radius 1 is 0.710 bits per heavy atom. The molecule has 1 saturated heterocycles. The van der Waals surface area contributed by atoms with Gasteiger partial charge in [0.05, 0.1) is 12.6 Å². The first-order valence-corrected chi connectivity index (χ1v) is 23.5. The lowest BCUT2D eigenvalue weighted by atomic mass is 9.84. The zero-order chi connectivity index (χ0) is 50.6. The van der Waals surface area contributed by atoms with E-state index in [2.05, 4.69) is 36.2 Å². The average molecular weight is 969 g/mol. The topological polar surface area (TPSA) is 434 Å². The van der Waals surface area contributed by atoms with Crippen LogP contribution in [0, 0.1) is 5.92 Å². The number of carboxylic acids is 1. The van der Waals surface area contributed by atoms with Gasteiger partial charge < -0.3 is 81.4 Å². The zero-order valence-electron chi connectivity index (χ0n) is 39.1. The van der Waals surface area contributed by atoms with Gasteiger partial charge in [-0.05, 0) is 81.3 Å². The summed E-state index contributed by atoms with van der Waals surface area (Å²) < 4.78 is 0. The van der Waals surface area contributed by atoms with E-state index in [0.29, 0.717) is 25.7 Å². The first-order valence-electron chi connectivity index (χ1n) is 23.5. The molecule has 8 unspecified atom stereocenters. The minimum Gasteiger partial charge on any atom is -0.480 e. The fraction of sp³-hybridized carbons (Fsp3) is 0.636. The van der Waals surface area contributed by atoms with Crippen LogP contribution in [0.1, 0.15) is 94.6 Å². The van der Waals surface area contributed by atoms with Crippen LogP contribution >= 0.6 is 0 Å². The molecule has 8 atom stereocenters. The third-order valence-corrected chi connectivity index (χ3v) is 12.6. The monoisotopic (exact) mass is 969 g/mol. The van der Waals surface area contributed by atoms with E-state index < -0.39 is 84.3 Å². The van der Waals surface area contributed by atoms with Gasteiger partial charge >= 0.3 is 5.97 Å². The number of amides is 6. The summed E-state index contributed by atoms with van der Waals surface area (Å²) in [7, 11) is 0. The summed E-state index contributed by atoms with van der Waals surface area (Å²) in [6.07, 6.45) is 4.98. The molecule has 0 bridgehead atoms. The summed E-state index contributed by atoms with van der Waals surface area (Å²) in [5.74, 6) is -5.15. The molecule has 0 spiro atoms. The number of carbonyl (C=O) groups excluding carboxylic acids is 6. The molecular weight excluding hydrogens is 897 g/mol. The Labute approximate surface area is 401 Å². The fourth-order valence-electron chi connectivity index (χ4n) is 9.12. The number of hydrogen-bond acceptors (Lipinski definition) is 12. The number of nitrogens with one attached hydrogen (secondary N) is 4. The number of guanidine groups is 3. The normalized spacial score (nSPS) is 20.0. The molecular formula is C44H72N16O9. The number of fused-ring (bicyclic) bond motifs is 2. The summed E-state index contributed by atoms with van der Waals surface area (Å²) in [6.45, 7) is -0.176. The molecule has 6 amide bonds. The molecule has 0 aromatic heterocycles. The second-order valence-electron chi connectivity index (χ2n) is 17.7. The molecule has 25 nitrogen and oxygen atoms in total. The van der Waals surface area contributed by atoms with Crippen LogP contribution in [0.25, 0.3) is 0 Å². The lowest BCUT2D eigenvalue weighted by Crippen LogP contribution is -2.62. The number of rotatable bonds is 26. The Morgan fingerprint density at radius 3 is 1.91 bits per heavy atom. The van der Waals surface area contributed by atoms with Gasteiger partial charge in [0.25, 0.3) is 0 Å². The van der Waals surface area contributed by atoms with Crippen molar-refractivity contribution in [2.45, 2.75) is 139 Å². The maximum absolute atomic E-state index is 15.0. The summed E-state index contributed by atoms with van der Waals surface area (Å²) in [4.78, 5) is 110. The van der Waals surface area contributed by atoms with Gasteiger partial charge in [0.15, 0.2) is 17.9 Å². The second kappa shape index (κ2) is 27.3. The van der Waals surface area contributed by atoms with Gasteiger partial charge in [-0.15, -0.1) is 0 Å². The molecule has 2 fully saturated rings. The third kappa shape index (κ3) is 16.8. The van der Waals surface area contributed by atoms with Gasteiger partial charge in [-0.3, -0.25) is 43.7 Å². The van der Waals surface area contributed by atoms with Crippen molar-refractivity contribution >= 4 is 59.3 Å². The maximum Gasteiger partial charge on any atom is 0.326 e. The van der Waals surface area contributed by atoms with Gasteiger partial charge in [-0.2, -0.15) is 0 Å². The molecule has 0 radical (unpaired) electrons. The van der Waals surface area contributed by atoms with E-state index in [9.17, 15) is 39.0 Å². The highest BCUT2D eigenvalue weighted by atomic mass is 16.4. The summed E-state index contributed by atoms with van der Waals surface area (Å²) in [5.41, 5.74) is 39.9. The van der Waals surface area contributed by atoms with Gasteiger partial charge in [0.2, 0.25) is 35.4 Å². The lowest BCUT2D eigenvalue weighted by Gasteiger charge is -2.42. The van der Waals surface area contributed by atoms with Gasteiger partial charge in [0, 0.05) is 51.6 Å². The van der Waals surface area contributed by atoms with Gasteiger partial charge in [-0.1, -0.05) is 37.1 Å². The van der Waals surface area contributed by atoms with Crippen molar-refractivity contribution in [1.29, 1.82) is 0 Å². The quantitative estimate of drug-likeness (QED) is 0.0239. The molecule has 4 rings (SSSR count). The highest BCUT2D eigenvalue weighted by Gasteiger charge is 2.51. The van der Waals surface area contributed by atoms with Crippen LogP contribution in [0.2, 0.25) is 0 Å². The number of carbonyl (C=O) groups is 7. The number of aliphatic imine (C=N–C) groups is 3. The molecule has 2 aliphatic heterocycles. The number of aliphatic hydroxyl groups is 1. The van der Waals surface area contributed by atoms with Gasteiger partial charge in [-0.25, -0.2) is 4.79 Å². The van der Waals surface area contributed by atoms with Crippen molar-refractivity contribution in [3.63, 3.8) is 0 Å². The summed E-state index contributed by atoms with van der Waals surface area (Å²) >= 11 is 0. The Balaban J connectivity index is 1.43. The molecule has 20 N–H and O–H groups in total. The van der Waals surface area contributed by atoms with Crippen molar-refractivity contribution in [2.24, 2.45) is 61.0 Å². The van der Waals surface area contributed by atoms with Crippen LogP contribution in [0.4, 0.5) is 0 Å². The molecule has 1 aromatic rings. The predicted octanol–water partition coefficient (Wildman–Crippen LogP) is -3.98. The van der Waals surface area contributed by atoms with E-state index in [1.165, 1.54) is 4.90 Å². The van der Waals surface area contributed by atoms with Gasteiger partial charge in [0.1, 0.15) is 30.2 Å². The van der Waals surface area contributed by atoms with E-state index in [4.69, 9.17) is 40.1 Å². The standard InChI is InChI=1S/C44H72N16O9/c45-28(12-5-18-53-42(46)47)36(63)57-29(13-6-19-54-43(48)49)37(64)52-17-8-16-35(62)56-31(24-61)39(66)59-23-27-11-2-1-9-25(27)21-34(59)40(67)60-32-15-4-3-10-26(32)22-33(60)38(65)58-30(41(68)69)14-7-20-55-44(50)51/h1-2,9,11,26,28-34,61H,3-8,10,12-24,45H2,(H,52,64)(H,56,62)(H,57,63)(H,58,65)(H,68,69)(H4,46,47,53)(H4,48,49,54)(H4,50,51,55). The maximum atomic E-state index is 15.0. The van der Waals surface area contributed by atoms with E-state index in [-0.39, 0.29) is 108 Å². The Kier molecular flexibility index (Phi) is 21.7. The van der Waals surface area contributed by atoms with Crippen LogP contribution in [0.3, 0.4) is 0 Å². The smallest absolute Gasteiger partial charge is 0.326 e. The van der Waals surface area contributed by atoms with Crippen LogP contribution in [-0.4, -0.2) is 154 Å². The summed E-state index contributed by atoms with van der Waals surface area (Å²) in [5, 5.41) is 31.1. The molecule has 1 saturated carbocycles. The van der Waals surface area contributed by atoms with Crippen molar-refractivity contribution < 1.29 is 43.8 Å². The summed E-state index contributed by atoms with van der Waals surface area (Å²) in [6, 6.07) is 0.191. The Bertz CT molecular complexity index is 2040. The largest absolute Gasteiger partial charge is 0.480 e. The molecule has 382 valence electrons. The minimum absolute atomic E-state index is 0.00618. The number of aliphatic carboxylic acids is 1. The van der Waals surface area contributed by atoms with E-state index in [1.54, 1.807) is 11.0 Å². The van der Waals surface area contributed by atoms with Crippen molar-refractivity contribution in [1.82, 2.24) is 31.1 Å². The molecule has 25 heteroatoms. The minimum atomic E-state index is -1.45. The Morgan fingerprint density at radius 2 is 1.30 bits per heavy atom. The number of hydrogen-bond donors (Lipinski definition) is 13. The number of carboxylic acid groups (broad SMARTS) is 1. The van der Waals surface area contributed by atoms with Crippen molar-refractivity contribution in [3.8, 4) is 0 Å². The average Bonchev–Trinajstić information content (AvgIpc) is 3.71. The highest BCUT2D eigenvalue weighted by molar-refractivity contribution is 5.96. The first kappa shape index (κ1) is 54.8. The number of benzene rings is 1. The fourth-order valence-corrected chi connectivity index (χ4v) is 9.12. The van der Waals surface area contributed by atoms with Crippen LogP contribution < -0.4 is 61.4 Å². The second-order valence-corrected chi connectivity index (χ2v) is 17.7. The predicted molar refractivity (Wildman–Crippen MR) is 256 cm³/mol. The van der Waals surface area contributed by atoms with E-state index in [1.807, 2.05) is 18.2 Å². The third-order valence-electron chi connectivity index (χ3n) is 12.6. The van der Waals surface area contributed by atoms with Crippen LogP contribution in [0.15, 0.2) is 39.2 Å². The molecule has 3 aliphatic rings. The van der Waals surface area contributed by atoms with E-state index >= 15 is 4.79 Å². The molecule has 2 heterocycles.